The number of nitrogens with zero attached hydrogens (tertiary/aromatic N) is 1. The Bertz CT molecular complexity index is 569. The van der Waals surface area contributed by atoms with E-state index in [9.17, 15) is 10.2 Å². The minimum atomic E-state index is -0.357. The highest BCUT2D eigenvalue weighted by Crippen LogP contribution is 2.50. The number of phenols is 1. The van der Waals surface area contributed by atoms with Gasteiger partial charge in [0.25, 0.3) is 0 Å². The Hall–Kier alpha value is -1.68. The number of aromatic hydroxyl groups is 1. The second-order valence-corrected chi connectivity index (χ2v) is 6.03. The monoisotopic (exact) mass is 289 g/mol. The normalized spacial score (nSPS) is 28.2. The molecule has 4 nitrogen and oxygen atoms in total. The average molecular weight is 289 g/mol. The predicted molar refractivity (Wildman–Crippen MR) is 81.5 cm³/mol. The van der Waals surface area contributed by atoms with Gasteiger partial charge in [-0.2, -0.15) is 0 Å². The molecule has 0 aromatic heterocycles. The van der Waals surface area contributed by atoms with Crippen LogP contribution in [0.25, 0.3) is 0 Å². The van der Waals surface area contributed by atoms with Crippen molar-refractivity contribution in [2.24, 2.45) is 0 Å². The maximum Gasteiger partial charge on any atom is 0.160 e. The van der Waals surface area contributed by atoms with Gasteiger partial charge in [-0.15, -0.1) is 0 Å². The third kappa shape index (κ3) is 2.27. The first-order valence-corrected chi connectivity index (χ1v) is 7.64. The lowest BCUT2D eigenvalue weighted by Crippen LogP contribution is -2.33. The zero-order valence-electron chi connectivity index (χ0n) is 12.7. The van der Waals surface area contributed by atoms with Gasteiger partial charge in [-0.25, -0.2) is 0 Å². The van der Waals surface area contributed by atoms with E-state index in [0.29, 0.717) is 12.4 Å². The Kier molecular flexibility index (Phi) is 3.57. The van der Waals surface area contributed by atoms with Crippen LogP contribution in [0.2, 0.25) is 0 Å². The summed E-state index contributed by atoms with van der Waals surface area (Å²) < 4.78 is 5.41. The highest BCUT2D eigenvalue weighted by atomic mass is 16.5. The van der Waals surface area contributed by atoms with Crippen molar-refractivity contribution >= 4 is 0 Å². The topological polar surface area (TPSA) is 52.9 Å². The second-order valence-electron chi connectivity index (χ2n) is 6.03. The van der Waals surface area contributed by atoms with Crippen LogP contribution in [0.3, 0.4) is 0 Å². The first-order chi connectivity index (χ1) is 10.1. The molecule has 0 amide bonds. The summed E-state index contributed by atoms with van der Waals surface area (Å²) in [6, 6.07) is 5.73. The number of rotatable bonds is 3. The molecule has 1 aromatic carbocycles. The Morgan fingerprint density at radius 3 is 2.90 bits per heavy atom. The molecule has 3 rings (SSSR count). The zero-order chi connectivity index (χ0) is 15.0. The van der Waals surface area contributed by atoms with E-state index in [1.54, 1.807) is 0 Å². The molecule has 21 heavy (non-hydrogen) atoms. The number of allylic oxidation sites excluding steroid dienone is 1. The predicted octanol–water partition coefficient (Wildman–Crippen LogP) is 2.40. The van der Waals surface area contributed by atoms with Crippen LogP contribution in [0.5, 0.6) is 11.5 Å². The van der Waals surface area contributed by atoms with E-state index in [0.717, 1.165) is 31.4 Å². The van der Waals surface area contributed by atoms with E-state index >= 15 is 0 Å². The number of ether oxygens (including phenoxy) is 1. The van der Waals surface area contributed by atoms with Gasteiger partial charge in [0.1, 0.15) is 0 Å². The quantitative estimate of drug-likeness (QED) is 0.897. The molecule has 0 radical (unpaired) electrons. The average Bonchev–Trinajstić information content (AvgIpc) is 2.80. The molecule has 0 bridgehead atoms. The molecule has 2 atom stereocenters. The summed E-state index contributed by atoms with van der Waals surface area (Å²) in [7, 11) is 2.07. The molecule has 0 saturated carbocycles. The summed E-state index contributed by atoms with van der Waals surface area (Å²) in [6.45, 7) is 3.42. The molecule has 1 aliphatic heterocycles. The van der Waals surface area contributed by atoms with Crippen molar-refractivity contribution in [3.63, 3.8) is 0 Å². The van der Waals surface area contributed by atoms with Crippen molar-refractivity contribution in [1.29, 1.82) is 0 Å². The molecule has 1 saturated heterocycles. The van der Waals surface area contributed by atoms with Crippen LogP contribution >= 0.6 is 0 Å². The van der Waals surface area contributed by atoms with Crippen molar-refractivity contribution in [2.45, 2.75) is 37.7 Å². The van der Waals surface area contributed by atoms with Crippen LogP contribution in [0, 0.1) is 0 Å². The van der Waals surface area contributed by atoms with Crippen molar-refractivity contribution in [1.82, 2.24) is 4.90 Å². The molecule has 1 heterocycles. The number of hydrogen-bond acceptors (Lipinski definition) is 4. The van der Waals surface area contributed by atoms with Gasteiger partial charge in [0.2, 0.25) is 0 Å². The van der Waals surface area contributed by atoms with E-state index < -0.39 is 0 Å². The first kappa shape index (κ1) is 14.3. The van der Waals surface area contributed by atoms with E-state index in [1.165, 1.54) is 5.70 Å². The fraction of sp³-hybridized carbons (Fsp3) is 0.529. The molecule has 0 spiro atoms. The molecule has 0 unspecified atom stereocenters. The van der Waals surface area contributed by atoms with Crippen LogP contribution in [-0.2, 0) is 5.41 Å². The van der Waals surface area contributed by atoms with Gasteiger partial charge < -0.3 is 19.8 Å². The number of aliphatic hydroxyl groups is 1. The fourth-order valence-electron chi connectivity index (χ4n) is 3.70. The molecule has 1 aliphatic carbocycles. The molecule has 2 N–H and O–H groups in total. The maximum absolute atomic E-state index is 10.2. The van der Waals surface area contributed by atoms with E-state index in [1.807, 2.05) is 25.1 Å². The molecule has 1 fully saturated rings. The lowest BCUT2D eigenvalue weighted by molar-refractivity contribution is 0.181. The van der Waals surface area contributed by atoms with E-state index in [2.05, 4.69) is 18.0 Å². The van der Waals surface area contributed by atoms with E-state index in [-0.39, 0.29) is 17.3 Å². The van der Waals surface area contributed by atoms with Crippen LogP contribution in [0.1, 0.15) is 31.7 Å². The van der Waals surface area contributed by atoms with Gasteiger partial charge in [-0.3, -0.25) is 0 Å². The van der Waals surface area contributed by atoms with Crippen LogP contribution in [0.15, 0.2) is 30.0 Å². The summed E-state index contributed by atoms with van der Waals surface area (Å²) in [4.78, 5) is 2.22. The molecule has 2 aliphatic rings. The maximum atomic E-state index is 10.2. The molecule has 1 aromatic rings. The summed E-state index contributed by atoms with van der Waals surface area (Å²) in [5.74, 6) is 0.731. The van der Waals surface area contributed by atoms with Gasteiger partial charge in [0, 0.05) is 24.7 Å². The Morgan fingerprint density at radius 1 is 1.38 bits per heavy atom. The van der Waals surface area contributed by atoms with Crippen LogP contribution in [-0.4, -0.2) is 41.4 Å². The molecule has 4 heteroatoms. The molecule has 114 valence electrons. The van der Waals surface area contributed by atoms with Crippen LogP contribution < -0.4 is 4.74 Å². The summed E-state index contributed by atoms with van der Waals surface area (Å²) in [5.41, 5.74) is 2.23. The molecular weight excluding hydrogens is 266 g/mol. The van der Waals surface area contributed by atoms with Gasteiger partial charge in [-0.1, -0.05) is 6.07 Å². The highest BCUT2D eigenvalue weighted by Gasteiger charge is 2.45. The highest BCUT2D eigenvalue weighted by molar-refractivity contribution is 5.49. The largest absolute Gasteiger partial charge is 0.504 e. The number of phenolic OH excluding ortho intramolecular Hbond substituents is 1. The minimum Gasteiger partial charge on any atom is -0.504 e. The Balaban J connectivity index is 2.02. The number of fused-ring (bicyclic) bond motifs is 1. The zero-order valence-corrected chi connectivity index (χ0v) is 12.7. The summed E-state index contributed by atoms with van der Waals surface area (Å²) in [5, 5.41) is 20.1. The minimum absolute atomic E-state index is 0.0732. The number of benzene rings is 1. The van der Waals surface area contributed by atoms with Crippen molar-refractivity contribution in [2.75, 3.05) is 20.2 Å². The third-order valence-electron chi connectivity index (χ3n) is 4.80. The van der Waals surface area contributed by atoms with Gasteiger partial charge in [0.05, 0.1) is 12.7 Å². The van der Waals surface area contributed by atoms with Crippen molar-refractivity contribution in [3.05, 3.63) is 35.5 Å². The standard InChI is InChI=1S/C17H23NO3/c1-3-21-15-5-4-12(10-14(15)20)17-7-6-13(19)11-16(17)18(2)9-8-17/h4-5,10-11,13,19-20H,3,6-9H2,1-2H3/t13-,17-/m0/s1. The second kappa shape index (κ2) is 5.26. The lowest BCUT2D eigenvalue weighted by atomic mass is 9.70. The SMILES string of the molecule is CCOc1ccc([C@@]23CC[C@H](O)C=C2N(C)CC3)cc1O. The summed E-state index contributed by atoms with van der Waals surface area (Å²) >= 11 is 0. The summed E-state index contributed by atoms with van der Waals surface area (Å²) in [6.07, 6.45) is 4.33. The first-order valence-electron chi connectivity index (χ1n) is 7.64. The van der Waals surface area contributed by atoms with Gasteiger partial charge in [0.15, 0.2) is 11.5 Å². The fourth-order valence-corrected chi connectivity index (χ4v) is 3.70. The number of likely N-dealkylation sites (tertiary alicyclic amines) is 1. The van der Waals surface area contributed by atoms with Crippen molar-refractivity contribution in [3.8, 4) is 11.5 Å². The number of hydrogen-bond donors (Lipinski definition) is 2. The van der Waals surface area contributed by atoms with Crippen LogP contribution in [0.4, 0.5) is 0 Å². The number of aliphatic hydroxyl groups excluding tert-OH is 1. The Labute approximate surface area is 125 Å². The number of likely N-dealkylation sites (N-methyl/N-ethyl adjacent to an activating group) is 1. The molecular formula is C17H23NO3. The lowest BCUT2D eigenvalue weighted by Gasteiger charge is -2.37. The third-order valence-corrected chi connectivity index (χ3v) is 4.80. The van der Waals surface area contributed by atoms with Gasteiger partial charge >= 0.3 is 0 Å². The van der Waals surface area contributed by atoms with Crippen molar-refractivity contribution < 1.29 is 14.9 Å². The van der Waals surface area contributed by atoms with E-state index in [4.69, 9.17) is 4.74 Å². The Morgan fingerprint density at radius 2 is 2.19 bits per heavy atom. The van der Waals surface area contributed by atoms with Gasteiger partial charge in [-0.05, 0) is 50.0 Å². The smallest absolute Gasteiger partial charge is 0.160 e.